The summed E-state index contributed by atoms with van der Waals surface area (Å²) in [7, 11) is 0. The lowest BCUT2D eigenvalue weighted by atomic mass is 10.0. The smallest absolute Gasteiger partial charge is 0.220 e. The van der Waals surface area contributed by atoms with Crippen molar-refractivity contribution in [1.29, 1.82) is 0 Å². The van der Waals surface area contributed by atoms with Crippen LogP contribution in [0.1, 0.15) is 29.8 Å². The number of aromatic nitrogens is 1. The maximum absolute atomic E-state index is 11.7. The number of aryl methyl sites for hydroxylation is 2. The molecular formula is C13H20N2O2S. The molecule has 1 aliphatic heterocycles. The van der Waals surface area contributed by atoms with Crippen molar-refractivity contribution in [1.82, 2.24) is 10.3 Å². The van der Waals surface area contributed by atoms with Crippen molar-refractivity contribution in [2.45, 2.75) is 32.6 Å². The van der Waals surface area contributed by atoms with Crippen LogP contribution in [-0.2, 0) is 16.0 Å². The molecule has 4 nitrogen and oxygen atoms in total. The van der Waals surface area contributed by atoms with Crippen LogP contribution in [-0.4, -0.2) is 30.6 Å². The molecule has 1 fully saturated rings. The van der Waals surface area contributed by atoms with Crippen LogP contribution in [0.15, 0.2) is 5.51 Å². The van der Waals surface area contributed by atoms with Gasteiger partial charge in [0, 0.05) is 31.1 Å². The maximum atomic E-state index is 11.7. The quantitative estimate of drug-likeness (QED) is 0.802. The molecule has 0 aromatic carbocycles. The minimum atomic E-state index is 0.159. The van der Waals surface area contributed by atoms with Gasteiger partial charge >= 0.3 is 0 Å². The van der Waals surface area contributed by atoms with Gasteiger partial charge in [-0.2, -0.15) is 0 Å². The van der Waals surface area contributed by atoms with E-state index in [0.29, 0.717) is 12.3 Å². The fourth-order valence-corrected chi connectivity index (χ4v) is 2.95. The Morgan fingerprint density at radius 1 is 1.67 bits per heavy atom. The van der Waals surface area contributed by atoms with Crippen LogP contribution in [0.4, 0.5) is 0 Å². The van der Waals surface area contributed by atoms with Gasteiger partial charge in [-0.3, -0.25) is 4.79 Å². The minimum Gasteiger partial charge on any atom is -0.381 e. The first-order valence-electron chi connectivity index (χ1n) is 6.49. The average molecular weight is 268 g/mol. The normalized spacial score (nSPS) is 19.1. The first-order chi connectivity index (χ1) is 8.75. The first-order valence-corrected chi connectivity index (χ1v) is 7.37. The zero-order valence-corrected chi connectivity index (χ0v) is 11.6. The van der Waals surface area contributed by atoms with Gasteiger partial charge in [0.2, 0.25) is 5.91 Å². The van der Waals surface area contributed by atoms with Gasteiger partial charge in [0.15, 0.2) is 0 Å². The van der Waals surface area contributed by atoms with Gasteiger partial charge in [-0.25, -0.2) is 4.98 Å². The third kappa shape index (κ3) is 4.07. The monoisotopic (exact) mass is 268 g/mol. The van der Waals surface area contributed by atoms with Gasteiger partial charge in [0.1, 0.15) is 0 Å². The number of ether oxygens (including phenoxy) is 1. The molecule has 1 aromatic heterocycles. The van der Waals surface area contributed by atoms with Gasteiger partial charge in [-0.15, -0.1) is 11.3 Å². The van der Waals surface area contributed by atoms with Gasteiger partial charge in [-0.1, -0.05) is 0 Å². The SMILES string of the molecule is Cc1ncsc1CCCNC(=O)CC1CCOC1. The van der Waals surface area contributed by atoms with E-state index in [1.54, 1.807) is 11.3 Å². The van der Waals surface area contributed by atoms with Crippen LogP contribution in [0.5, 0.6) is 0 Å². The Kier molecular flexibility index (Phi) is 5.13. The largest absolute Gasteiger partial charge is 0.381 e. The molecule has 0 saturated carbocycles. The first kappa shape index (κ1) is 13.5. The second-order valence-corrected chi connectivity index (χ2v) is 5.69. The van der Waals surface area contributed by atoms with Crippen LogP contribution in [0.3, 0.4) is 0 Å². The third-order valence-electron chi connectivity index (χ3n) is 3.25. The zero-order valence-electron chi connectivity index (χ0n) is 10.8. The lowest BCUT2D eigenvalue weighted by molar-refractivity contribution is -0.122. The van der Waals surface area contributed by atoms with Crippen molar-refractivity contribution in [2.75, 3.05) is 19.8 Å². The number of thiazole rings is 1. The van der Waals surface area contributed by atoms with E-state index in [4.69, 9.17) is 4.74 Å². The minimum absolute atomic E-state index is 0.159. The van der Waals surface area contributed by atoms with E-state index in [0.717, 1.165) is 44.7 Å². The Bertz CT molecular complexity index is 386. The molecule has 1 aromatic rings. The molecule has 100 valence electrons. The highest BCUT2D eigenvalue weighted by molar-refractivity contribution is 7.09. The zero-order chi connectivity index (χ0) is 12.8. The molecule has 2 rings (SSSR count). The van der Waals surface area contributed by atoms with Crippen molar-refractivity contribution < 1.29 is 9.53 Å². The highest BCUT2D eigenvalue weighted by Gasteiger charge is 2.18. The summed E-state index contributed by atoms with van der Waals surface area (Å²) >= 11 is 1.69. The fraction of sp³-hybridized carbons (Fsp3) is 0.692. The van der Waals surface area contributed by atoms with Gasteiger partial charge in [-0.05, 0) is 32.1 Å². The van der Waals surface area contributed by atoms with E-state index >= 15 is 0 Å². The van der Waals surface area contributed by atoms with E-state index in [9.17, 15) is 4.79 Å². The number of hydrogen-bond donors (Lipinski definition) is 1. The molecule has 0 spiro atoms. The lowest BCUT2D eigenvalue weighted by Crippen LogP contribution is -2.26. The summed E-state index contributed by atoms with van der Waals surface area (Å²) in [5.74, 6) is 0.584. The highest BCUT2D eigenvalue weighted by atomic mass is 32.1. The summed E-state index contributed by atoms with van der Waals surface area (Å²) in [6.45, 7) is 4.34. The Balaban J connectivity index is 1.57. The number of nitrogens with one attached hydrogen (secondary N) is 1. The molecule has 1 saturated heterocycles. The van der Waals surface area contributed by atoms with Crippen molar-refractivity contribution in [3.8, 4) is 0 Å². The number of hydrogen-bond acceptors (Lipinski definition) is 4. The molecule has 1 N–H and O–H groups in total. The van der Waals surface area contributed by atoms with E-state index in [1.165, 1.54) is 4.88 Å². The predicted octanol–water partition coefficient (Wildman–Crippen LogP) is 1.93. The molecule has 1 atom stereocenters. The Hall–Kier alpha value is -0.940. The summed E-state index contributed by atoms with van der Waals surface area (Å²) < 4.78 is 5.26. The molecule has 5 heteroatoms. The van der Waals surface area contributed by atoms with Crippen LogP contribution < -0.4 is 5.32 Å². The molecule has 1 aliphatic rings. The lowest BCUT2D eigenvalue weighted by Gasteiger charge is -2.08. The third-order valence-corrected chi connectivity index (χ3v) is 4.24. The molecule has 1 amide bonds. The second-order valence-electron chi connectivity index (χ2n) is 4.75. The maximum Gasteiger partial charge on any atom is 0.220 e. The van der Waals surface area contributed by atoms with Crippen LogP contribution in [0.25, 0.3) is 0 Å². The average Bonchev–Trinajstić information content (AvgIpc) is 2.97. The fourth-order valence-electron chi connectivity index (χ4n) is 2.12. The van der Waals surface area contributed by atoms with Crippen LogP contribution >= 0.6 is 11.3 Å². The van der Waals surface area contributed by atoms with E-state index < -0.39 is 0 Å². The summed E-state index contributed by atoms with van der Waals surface area (Å²) in [5.41, 5.74) is 3.00. The van der Waals surface area contributed by atoms with Gasteiger partial charge in [0.25, 0.3) is 0 Å². The van der Waals surface area contributed by atoms with Crippen molar-refractivity contribution in [3.63, 3.8) is 0 Å². The summed E-state index contributed by atoms with van der Waals surface area (Å²) in [6, 6.07) is 0. The number of nitrogens with zero attached hydrogens (tertiary/aromatic N) is 1. The standard InChI is InChI=1S/C13H20N2O2S/c1-10-12(18-9-15-10)3-2-5-14-13(16)7-11-4-6-17-8-11/h9,11H,2-8H2,1H3,(H,14,16). The summed E-state index contributed by atoms with van der Waals surface area (Å²) in [6.07, 6.45) is 3.62. The van der Waals surface area contributed by atoms with Gasteiger partial charge in [0.05, 0.1) is 11.2 Å². The molecule has 18 heavy (non-hydrogen) atoms. The number of amides is 1. The Morgan fingerprint density at radius 2 is 2.56 bits per heavy atom. The molecule has 1 unspecified atom stereocenters. The molecule has 0 radical (unpaired) electrons. The predicted molar refractivity (Wildman–Crippen MR) is 71.7 cm³/mol. The number of carbonyl (C=O) groups excluding carboxylic acids is 1. The second kappa shape index (κ2) is 6.85. The number of carbonyl (C=O) groups is 1. The summed E-state index contributed by atoms with van der Waals surface area (Å²) in [4.78, 5) is 17.2. The van der Waals surface area contributed by atoms with E-state index in [-0.39, 0.29) is 5.91 Å². The van der Waals surface area contributed by atoms with E-state index in [2.05, 4.69) is 10.3 Å². The molecular weight excluding hydrogens is 248 g/mol. The molecule has 0 aliphatic carbocycles. The molecule has 0 bridgehead atoms. The Labute approximate surface area is 112 Å². The van der Waals surface area contributed by atoms with Crippen LogP contribution in [0, 0.1) is 12.8 Å². The van der Waals surface area contributed by atoms with Crippen LogP contribution in [0.2, 0.25) is 0 Å². The van der Waals surface area contributed by atoms with E-state index in [1.807, 2.05) is 12.4 Å². The summed E-state index contributed by atoms with van der Waals surface area (Å²) in [5, 5.41) is 2.98. The van der Waals surface area contributed by atoms with Crippen molar-refractivity contribution >= 4 is 17.2 Å². The van der Waals surface area contributed by atoms with Crippen molar-refractivity contribution in [3.05, 3.63) is 16.1 Å². The highest BCUT2D eigenvalue weighted by Crippen LogP contribution is 2.16. The van der Waals surface area contributed by atoms with Crippen molar-refractivity contribution in [2.24, 2.45) is 5.92 Å². The topological polar surface area (TPSA) is 51.2 Å². The Morgan fingerprint density at radius 3 is 3.22 bits per heavy atom. The molecule has 2 heterocycles. The van der Waals surface area contributed by atoms with Gasteiger partial charge < -0.3 is 10.1 Å². The number of rotatable bonds is 6.